The Morgan fingerprint density at radius 3 is 2.50 bits per heavy atom. The quantitative estimate of drug-likeness (QED) is 0.827. The van der Waals surface area contributed by atoms with Crippen molar-refractivity contribution in [2.75, 3.05) is 11.5 Å². The van der Waals surface area contributed by atoms with E-state index < -0.39 is 10.8 Å². The van der Waals surface area contributed by atoms with Gasteiger partial charge in [0.15, 0.2) is 0 Å². The summed E-state index contributed by atoms with van der Waals surface area (Å²) in [5, 5.41) is 3.01. The molecule has 0 bridgehead atoms. The van der Waals surface area contributed by atoms with Crippen molar-refractivity contribution in [1.29, 1.82) is 0 Å². The van der Waals surface area contributed by atoms with E-state index in [1.165, 1.54) is 0 Å². The smallest absolute Gasteiger partial charge is 0.224 e. The van der Waals surface area contributed by atoms with Gasteiger partial charge in [0.1, 0.15) is 0 Å². The summed E-state index contributed by atoms with van der Waals surface area (Å²) in [5.41, 5.74) is 0.990. The van der Waals surface area contributed by atoms with Gasteiger partial charge in [0.2, 0.25) is 5.91 Å². The number of thiol groups is 1. The molecule has 0 aliphatic carbocycles. The SMILES string of the molecule is O=C(Cc1ccc(S)cc1)NC1CCS(=O)CC1. The largest absolute Gasteiger partial charge is 0.353 e. The fourth-order valence-electron chi connectivity index (χ4n) is 2.02. The van der Waals surface area contributed by atoms with Crippen molar-refractivity contribution in [3.05, 3.63) is 29.8 Å². The predicted molar refractivity (Wildman–Crippen MR) is 76.4 cm³/mol. The first-order chi connectivity index (χ1) is 8.63. The summed E-state index contributed by atoms with van der Waals surface area (Å²) in [6, 6.07) is 7.79. The average Bonchev–Trinajstić information content (AvgIpc) is 2.35. The zero-order chi connectivity index (χ0) is 13.0. The Bertz CT molecular complexity index is 435. The van der Waals surface area contributed by atoms with Gasteiger partial charge in [-0.2, -0.15) is 0 Å². The third-order valence-corrected chi connectivity index (χ3v) is 4.73. The molecule has 1 aromatic carbocycles. The van der Waals surface area contributed by atoms with Gasteiger partial charge in [-0.3, -0.25) is 9.00 Å². The van der Waals surface area contributed by atoms with Gasteiger partial charge in [-0.25, -0.2) is 0 Å². The van der Waals surface area contributed by atoms with Gasteiger partial charge in [-0.05, 0) is 30.5 Å². The Hall–Kier alpha value is -0.810. The molecule has 1 amide bonds. The Balaban J connectivity index is 1.81. The van der Waals surface area contributed by atoms with Crippen molar-refractivity contribution in [3.63, 3.8) is 0 Å². The number of carbonyl (C=O) groups is 1. The summed E-state index contributed by atoms with van der Waals surface area (Å²) in [4.78, 5) is 12.7. The molecule has 0 spiro atoms. The molecule has 0 radical (unpaired) electrons. The number of amides is 1. The highest BCUT2D eigenvalue weighted by Crippen LogP contribution is 2.11. The summed E-state index contributed by atoms with van der Waals surface area (Å²) in [7, 11) is -0.676. The standard InChI is InChI=1S/C13H17NO2S2/c15-13(9-10-1-3-12(17)4-2-10)14-11-5-7-18(16)8-6-11/h1-4,11,17H,5-9H2,(H,14,15). The second-order valence-electron chi connectivity index (χ2n) is 4.53. The minimum absolute atomic E-state index is 0.0413. The minimum atomic E-state index is -0.676. The Morgan fingerprint density at radius 1 is 1.28 bits per heavy atom. The number of benzene rings is 1. The lowest BCUT2D eigenvalue weighted by atomic mass is 10.1. The van der Waals surface area contributed by atoms with E-state index in [-0.39, 0.29) is 11.9 Å². The average molecular weight is 283 g/mol. The van der Waals surface area contributed by atoms with Crippen molar-refractivity contribution in [2.45, 2.75) is 30.2 Å². The topological polar surface area (TPSA) is 46.2 Å². The van der Waals surface area contributed by atoms with Gasteiger partial charge >= 0.3 is 0 Å². The van der Waals surface area contributed by atoms with Gasteiger partial charge in [-0.1, -0.05) is 12.1 Å². The minimum Gasteiger partial charge on any atom is -0.353 e. The van der Waals surface area contributed by atoms with Crippen LogP contribution in [-0.2, 0) is 22.0 Å². The van der Waals surface area contributed by atoms with Gasteiger partial charge in [0.05, 0.1) is 6.42 Å². The highest BCUT2D eigenvalue weighted by molar-refractivity contribution is 7.85. The van der Waals surface area contributed by atoms with E-state index in [0.717, 1.165) is 23.3 Å². The van der Waals surface area contributed by atoms with Crippen molar-refractivity contribution in [2.24, 2.45) is 0 Å². The first-order valence-electron chi connectivity index (χ1n) is 6.06. The fourth-order valence-corrected chi connectivity index (χ4v) is 3.46. The molecule has 2 rings (SSSR count). The van der Waals surface area contributed by atoms with Crippen LogP contribution in [0, 0.1) is 0 Å². The van der Waals surface area contributed by atoms with Crippen LogP contribution < -0.4 is 5.32 Å². The van der Waals surface area contributed by atoms with Crippen molar-refractivity contribution >= 4 is 29.3 Å². The molecule has 1 aromatic rings. The lowest BCUT2D eigenvalue weighted by molar-refractivity contribution is -0.121. The van der Waals surface area contributed by atoms with Crippen molar-refractivity contribution in [3.8, 4) is 0 Å². The molecular formula is C13H17NO2S2. The first-order valence-corrected chi connectivity index (χ1v) is 7.99. The van der Waals surface area contributed by atoms with Crippen LogP contribution >= 0.6 is 12.6 Å². The number of rotatable bonds is 3. The Kier molecular flexibility index (Phi) is 4.83. The van der Waals surface area contributed by atoms with Crippen LogP contribution in [0.3, 0.4) is 0 Å². The van der Waals surface area contributed by atoms with E-state index in [1.807, 2.05) is 24.3 Å². The van der Waals surface area contributed by atoms with Crippen LogP contribution in [0.2, 0.25) is 0 Å². The zero-order valence-corrected chi connectivity index (χ0v) is 11.8. The summed E-state index contributed by atoms with van der Waals surface area (Å²) < 4.78 is 11.2. The Morgan fingerprint density at radius 2 is 1.89 bits per heavy atom. The monoisotopic (exact) mass is 283 g/mol. The fraction of sp³-hybridized carbons (Fsp3) is 0.462. The molecule has 1 aliphatic rings. The third-order valence-electron chi connectivity index (χ3n) is 3.05. The molecular weight excluding hydrogens is 266 g/mol. The number of nitrogens with one attached hydrogen (secondary N) is 1. The van der Waals surface area contributed by atoms with Gasteiger partial charge < -0.3 is 5.32 Å². The van der Waals surface area contributed by atoms with Crippen LogP contribution in [0.4, 0.5) is 0 Å². The highest BCUT2D eigenvalue weighted by Gasteiger charge is 2.19. The molecule has 3 nitrogen and oxygen atoms in total. The van der Waals surface area contributed by atoms with E-state index in [4.69, 9.17) is 0 Å². The molecule has 1 fully saturated rings. The van der Waals surface area contributed by atoms with E-state index in [9.17, 15) is 9.00 Å². The molecule has 1 N–H and O–H groups in total. The third kappa shape index (κ3) is 4.14. The second-order valence-corrected chi connectivity index (χ2v) is 6.75. The molecule has 1 aliphatic heterocycles. The van der Waals surface area contributed by atoms with Crippen LogP contribution in [0.1, 0.15) is 18.4 Å². The number of carbonyl (C=O) groups excluding carboxylic acids is 1. The van der Waals surface area contributed by atoms with E-state index >= 15 is 0 Å². The molecule has 5 heteroatoms. The Labute approximate surface area is 115 Å². The highest BCUT2D eigenvalue weighted by atomic mass is 32.2. The van der Waals surface area contributed by atoms with Gasteiger partial charge in [0.25, 0.3) is 0 Å². The van der Waals surface area contributed by atoms with Crippen LogP contribution in [-0.4, -0.2) is 27.7 Å². The zero-order valence-electron chi connectivity index (χ0n) is 10.1. The molecule has 0 aromatic heterocycles. The maximum atomic E-state index is 11.8. The van der Waals surface area contributed by atoms with E-state index in [0.29, 0.717) is 17.9 Å². The molecule has 1 heterocycles. The van der Waals surface area contributed by atoms with Crippen LogP contribution in [0.5, 0.6) is 0 Å². The second kappa shape index (κ2) is 6.38. The summed E-state index contributed by atoms with van der Waals surface area (Å²) >= 11 is 4.21. The van der Waals surface area contributed by atoms with E-state index in [2.05, 4.69) is 17.9 Å². The molecule has 0 unspecified atom stereocenters. The summed E-state index contributed by atoms with van der Waals surface area (Å²) in [6.45, 7) is 0. The normalized spacial score (nSPS) is 23.6. The maximum Gasteiger partial charge on any atom is 0.224 e. The molecule has 98 valence electrons. The molecule has 0 saturated carbocycles. The predicted octanol–water partition coefficient (Wildman–Crippen LogP) is 1.55. The molecule has 18 heavy (non-hydrogen) atoms. The molecule has 1 saturated heterocycles. The maximum absolute atomic E-state index is 11.8. The van der Waals surface area contributed by atoms with Crippen LogP contribution in [0.25, 0.3) is 0 Å². The number of hydrogen-bond acceptors (Lipinski definition) is 3. The first kappa shape index (κ1) is 13.6. The van der Waals surface area contributed by atoms with Crippen molar-refractivity contribution < 1.29 is 9.00 Å². The van der Waals surface area contributed by atoms with Gasteiger partial charge in [0, 0.05) is 33.2 Å². The van der Waals surface area contributed by atoms with Gasteiger partial charge in [-0.15, -0.1) is 12.6 Å². The molecule has 0 atom stereocenters. The van der Waals surface area contributed by atoms with Crippen molar-refractivity contribution in [1.82, 2.24) is 5.32 Å². The summed E-state index contributed by atoms with van der Waals surface area (Å²) in [6.07, 6.45) is 2.05. The number of hydrogen-bond donors (Lipinski definition) is 2. The summed E-state index contributed by atoms with van der Waals surface area (Å²) in [5.74, 6) is 1.46. The lowest BCUT2D eigenvalue weighted by Crippen LogP contribution is -2.40. The lowest BCUT2D eigenvalue weighted by Gasteiger charge is -2.22. The van der Waals surface area contributed by atoms with E-state index in [1.54, 1.807) is 0 Å². The van der Waals surface area contributed by atoms with Crippen LogP contribution in [0.15, 0.2) is 29.2 Å².